The van der Waals surface area contributed by atoms with Crippen molar-refractivity contribution in [2.75, 3.05) is 6.54 Å². The lowest BCUT2D eigenvalue weighted by Gasteiger charge is -2.28. The van der Waals surface area contributed by atoms with Gasteiger partial charge in [-0.25, -0.2) is 0 Å². The van der Waals surface area contributed by atoms with Gasteiger partial charge in [0.2, 0.25) is 11.8 Å². The van der Waals surface area contributed by atoms with Gasteiger partial charge < -0.3 is 9.80 Å². The van der Waals surface area contributed by atoms with E-state index in [1.807, 2.05) is 28.0 Å². The molecule has 1 aromatic heterocycles. The van der Waals surface area contributed by atoms with Crippen LogP contribution in [0.4, 0.5) is 0 Å². The fraction of sp³-hybridized carbons (Fsp3) is 0.500. The molecule has 0 saturated heterocycles. The molecule has 1 heterocycles. The first-order valence-corrected chi connectivity index (χ1v) is 11.6. The molecule has 1 aliphatic carbocycles. The maximum Gasteiger partial charge on any atom is 0.242 e. The van der Waals surface area contributed by atoms with Crippen LogP contribution in [-0.2, 0) is 22.7 Å². The van der Waals surface area contributed by atoms with Gasteiger partial charge in [-0.15, -0.1) is 11.3 Å². The van der Waals surface area contributed by atoms with E-state index in [1.54, 1.807) is 11.3 Å². The van der Waals surface area contributed by atoms with Crippen molar-refractivity contribution in [1.82, 2.24) is 9.80 Å². The van der Waals surface area contributed by atoms with Gasteiger partial charge in [0.15, 0.2) is 0 Å². The molecule has 3 rings (SSSR count). The minimum absolute atomic E-state index is 0.0393. The van der Waals surface area contributed by atoms with Crippen LogP contribution >= 0.6 is 11.3 Å². The van der Waals surface area contributed by atoms with Crippen LogP contribution in [0.2, 0.25) is 0 Å². The smallest absolute Gasteiger partial charge is 0.242 e. The first-order valence-electron chi connectivity index (χ1n) is 10.7. The van der Waals surface area contributed by atoms with Crippen LogP contribution < -0.4 is 0 Å². The van der Waals surface area contributed by atoms with Gasteiger partial charge in [0, 0.05) is 23.9 Å². The maximum absolute atomic E-state index is 13.3. The van der Waals surface area contributed by atoms with Crippen molar-refractivity contribution in [3.05, 3.63) is 57.8 Å². The molecule has 29 heavy (non-hydrogen) atoms. The Labute approximate surface area is 178 Å². The van der Waals surface area contributed by atoms with E-state index in [-0.39, 0.29) is 24.4 Å². The number of carbonyl (C=O) groups is 2. The van der Waals surface area contributed by atoms with Gasteiger partial charge in [0.1, 0.15) is 6.54 Å². The molecule has 1 aliphatic rings. The highest BCUT2D eigenvalue weighted by Gasteiger charge is 2.34. The molecule has 0 spiro atoms. The number of aryl methyl sites for hydroxylation is 1. The summed E-state index contributed by atoms with van der Waals surface area (Å²) in [5.74, 6) is 0.179. The number of carbonyl (C=O) groups excluding carboxylic acids is 2. The zero-order chi connectivity index (χ0) is 20.6. The molecule has 4 nitrogen and oxygen atoms in total. The Morgan fingerprint density at radius 1 is 1.03 bits per heavy atom. The normalized spacial score (nSPS) is 13.3. The zero-order valence-electron chi connectivity index (χ0n) is 17.6. The predicted octanol–water partition coefficient (Wildman–Crippen LogP) is 5.16. The molecule has 0 atom stereocenters. The predicted molar refractivity (Wildman–Crippen MR) is 119 cm³/mol. The summed E-state index contributed by atoms with van der Waals surface area (Å²) >= 11 is 1.69. The molecule has 1 saturated carbocycles. The number of benzene rings is 1. The Bertz CT molecular complexity index is 798. The van der Waals surface area contributed by atoms with E-state index in [0.717, 1.165) is 37.7 Å². The summed E-state index contributed by atoms with van der Waals surface area (Å²) in [4.78, 5) is 31.0. The van der Waals surface area contributed by atoms with Crippen molar-refractivity contribution < 1.29 is 9.59 Å². The summed E-state index contributed by atoms with van der Waals surface area (Å²) in [5, 5.41) is 2.07. The van der Waals surface area contributed by atoms with Crippen LogP contribution in [0.3, 0.4) is 0 Å². The van der Waals surface area contributed by atoms with Crippen molar-refractivity contribution in [3.8, 4) is 0 Å². The van der Waals surface area contributed by atoms with E-state index in [2.05, 4.69) is 37.4 Å². The molecule has 5 heteroatoms. The Kier molecular flexibility index (Phi) is 7.87. The second kappa shape index (κ2) is 10.6. The van der Waals surface area contributed by atoms with Crippen molar-refractivity contribution in [1.29, 1.82) is 0 Å². The second-order valence-corrected chi connectivity index (χ2v) is 8.97. The third kappa shape index (κ3) is 6.43. The number of rotatable bonds is 11. The quantitative estimate of drug-likeness (QED) is 0.479. The van der Waals surface area contributed by atoms with E-state index < -0.39 is 0 Å². The van der Waals surface area contributed by atoms with Crippen molar-refractivity contribution in [2.24, 2.45) is 0 Å². The zero-order valence-corrected chi connectivity index (χ0v) is 18.4. The molecule has 2 amide bonds. The lowest BCUT2D eigenvalue weighted by Crippen LogP contribution is -2.43. The third-order valence-corrected chi connectivity index (χ3v) is 6.49. The minimum Gasteiger partial charge on any atom is -0.332 e. The monoisotopic (exact) mass is 412 g/mol. The molecule has 156 valence electrons. The van der Waals surface area contributed by atoms with E-state index in [0.29, 0.717) is 19.5 Å². The third-order valence-electron chi connectivity index (χ3n) is 5.48. The molecule has 2 aromatic rings. The van der Waals surface area contributed by atoms with E-state index >= 15 is 0 Å². The van der Waals surface area contributed by atoms with Gasteiger partial charge in [-0.3, -0.25) is 9.59 Å². The standard InChI is InChI=1S/C24H32N2O2S/c1-3-4-6-11-23(27)26(21-12-13-21)18-24(28)25(16-20-9-7-5-8-10-20)17-22-19(2)14-15-29-22/h5,7-10,14-15,21H,3-4,6,11-13,16-18H2,1-2H3. The fourth-order valence-electron chi connectivity index (χ4n) is 3.50. The lowest BCUT2D eigenvalue weighted by atomic mass is 10.2. The minimum atomic E-state index is 0.0393. The fourth-order valence-corrected chi connectivity index (χ4v) is 4.42. The molecule has 1 aromatic carbocycles. The molecular weight excluding hydrogens is 380 g/mol. The van der Waals surface area contributed by atoms with Gasteiger partial charge in [-0.05, 0) is 48.8 Å². The Morgan fingerprint density at radius 2 is 1.79 bits per heavy atom. The van der Waals surface area contributed by atoms with Crippen LogP contribution in [0.25, 0.3) is 0 Å². The molecule has 0 aliphatic heterocycles. The first kappa shape index (κ1) is 21.6. The summed E-state index contributed by atoms with van der Waals surface area (Å²) in [6, 6.07) is 12.5. The Balaban J connectivity index is 1.70. The van der Waals surface area contributed by atoms with E-state index in [1.165, 1.54) is 10.4 Å². The number of nitrogens with zero attached hydrogens (tertiary/aromatic N) is 2. The van der Waals surface area contributed by atoms with Gasteiger partial charge in [-0.2, -0.15) is 0 Å². The summed E-state index contributed by atoms with van der Waals surface area (Å²) in [6.45, 7) is 5.59. The number of amides is 2. The summed E-state index contributed by atoms with van der Waals surface area (Å²) in [6.07, 6.45) is 5.68. The van der Waals surface area contributed by atoms with Gasteiger partial charge in [-0.1, -0.05) is 50.1 Å². The molecule has 0 radical (unpaired) electrons. The number of hydrogen-bond acceptors (Lipinski definition) is 3. The SMILES string of the molecule is CCCCCC(=O)N(CC(=O)N(Cc1ccccc1)Cc1sccc1C)C1CC1. The largest absolute Gasteiger partial charge is 0.332 e. The molecule has 0 N–H and O–H groups in total. The van der Waals surface area contributed by atoms with Gasteiger partial charge >= 0.3 is 0 Å². The highest BCUT2D eigenvalue weighted by Crippen LogP contribution is 2.28. The summed E-state index contributed by atoms with van der Waals surface area (Å²) in [7, 11) is 0. The van der Waals surface area contributed by atoms with Crippen LogP contribution in [0.15, 0.2) is 41.8 Å². The lowest BCUT2D eigenvalue weighted by molar-refractivity contribution is -0.141. The maximum atomic E-state index is 13.3. The summed E-state index contributed by atoms with van der Waals surface area (Å²) < 4.78 is 0. The van der Waals surface area contributed by atoms with Gasteiger partial charge in [0.25, 0.3) is 0 Å². The summed E-state index contributed by atoms with van der Waals surface area (Å²) in [5.41, 5.74) is 2.33. The highest BCUT2D eigenvalue weighted by atomic mass is 32.1. The van der Waals surface area contributed by atoms with Crippen LogP contribution in [0, 0.1) is 6.92 Å². The van der Waals surface area contributed by atoms with Crippen molar-refractivity contribution >= 4 is 23.2 Å². The Hall–Kier alpha value is -2.14. The molecule has 1 fully saturated rings. The highest BCUT2D eigenvalue weighted by molar-refractivity contribution is 7.10. The van der Waals surface area contributed by atoms with Crippen molar-refractivity contribution in [2.45, 2.75) is 71.5 Å². The molecular formula is C24H32N2O2S. The average Bonchev–Trinajstić information content (AvgIpc) is 3.48. The number of hydrogen-bond donors (Lipinski definition) is 0. The Morgan fingerprint density at radius 3 is 2.41 bits per heavy atom. The average molecular weight is 413 g/mol. The topological polar surface area (TPSA) is 40.6 Å². The first-order chi connectivity index (χ1) is 14.1. The van der Waals surface area contributed by atoms with Crippen LogP contribution in [-0.4, -0.2) is 34.2 Å². The number of thiophene rings is 1. The van der Waals surface area contributed by atoms with Crippen LogP contribution in [0.1, 0.15) is 61.5 Å². The number of unbranched alkanes of at least 4 members (excludes halogenated alkanes) is 2. The van der Waals surface area contributed by atoms with Gasteiger partial charge in [0.05, 0.1) is 6.54 Å². The second-order valence-electron chi connectivity index (χ2n) is 7.97. The van der Waals surface area contributed by atoms with E-state index in [4.69, 9.17) is 0 Å². The van der Waals surface area contributed by atoms with Crippen LogP contribution in [0.5, 0.6) is 0 Å². The van der Waals surface area contributed by atoms with E-state index in [9.17, 15) is 9.59 Å². The molecule has 0 bridgehead atoms. The molecule has 0 unspecified atom stereocenters. The van der Waals surface area contributed by atoms with Crippen molar-refractivity contribution in [3.63, 3.8) is 0 Å².